The Morgan fingerprint density at radius 2 is 1.58 bits per heavy atom. The molecule has 1 atom stereocenters. The molecule has 8 N–H and O–H groups in total. The largest absolute Gasteiger partial charge is 0.398 e. The number of amidine groups is 1. The van der Waals surface area contributed by atoms with Crippen LogP contribution in [0.25, 0.3) is 0 Å². The van der Waals surface area contributed by atoms with Gasteiger partial charge in [-0.2, -0.15) is 0 Å². The van der Waals surface area contributed by atoms with E-state index in [-0.39, 0.29) is 24.2 Å². The monoisotopic (exact) mass is 504 g/mol. The van der Waals surface area contributed by atoms with Crippen molar-refractivity contribution in [3.8, 4) is 0 Å². The summed E-state index contributed by atoms with van der Waals surface area (Å²) in [5.74, 6) is 0.0881. The summed E-state index contributed by atoms with van der Waals surface area (Å²) in [6.07, 6.45) is 1.31. The summed E-state index contributed by atoms with van der Waals surface area (Å²) < 4.78 is 3.25. The first-order valence-electron chi connectivity index (χ1n) is 11.6. The number of hydrogen-bond donors (Lipinski definition) is 6. The number of benzene rings is 3. The number of hydrogen-bond acceptors (Lipinski definition) is 6. The van der Waals surface area contributed by atoms with Crippen LogP contribution in [0, 0.1) is 5.41 Å². The number of aryl methyl sites for hydroxylation is 1. The predicted molar refractivity (Wildman–Crippen MR) is 146 cm³/mol. The number of nitrogens with one attached hydrogen (secondary N) is 4. The van der Waals surface area contributed by atoms with E-state index >= 15 is 0 Å². The number of anilines is 1. The number of amides is 2. The van der Waals surface area contributed by atoms with Gasteiger partial charge in [-0.3, -0.25) is 19.7 Å². The molecule has 3 rings (SSSR count). The quantitative estimate of drug-likeness (QED) is 0.0913. The molecule has 1 unspecified atom stereocenters. The average Bonchev–Trinajstić information content (AvgIpc) is 2.89. The first-order valence-corrected chi connectivity index (χ1v) is 12.6. The summed E-state index contributed by atoms with van der Waals surface area (Å²) in [7, 11) is 0. The van der Waals surface area contributed by atoms with Gasteiger partial charge in [-0.1, -0.05) is 84.7 Å². The van der Waals surface area contributed by atoms with Gasteiger partial charge in [0.05, 0.1) is 12.6 Å². The normalized spacial score (nSPS) is 11.4. The Hall–Kier alpha value is -3.82. The van der Waals surface area contributed by atoms with Gasteiger partial charge in [-0.15, -0.1) is 0 Å². The maximum atomic E-state index is 12.9. The van der Waals surface area contributed by atoms with Gasteiger partial charge in [0.2, 0.25) is 11.8 Å². The van der Waals surface area contributed by atoms with Crippen molar-refractivity contribution in [2.24, 2.45) is 5.73 Å². The lowest BCUT2D eigenvalue weighted by atomic mass is 10.1. The third-order valence-corrected chi connectivity index (χ3v) is 6.47. The van der Waals surface area contributed by atoms with Crippen molar-refractivity contribution in [2.45, 2.75) is 31.2 Å². The number of carbonyl (C=O) groups is 2. The lowest BCUT2D eigenvalue weighted by molar-refractivity contribution is -0.127. The molecule has 0 aliphatic rings. The third-order valence-electron chi connectivity index (χ3n) is 5.57. The highest BCUT2D eigenvalue weighted by Crippen LogP contribution is 2.17. The van der Waals surface area contributed by atoms with Crippen LogP contribution in [-0.2, 0) is 28.3 Å². The van der Waals surface area contributed by atoms with Crippen molar-refractivity contribution in [1.29, 1.82) is 5.41 Å². The molecule has 2 amide bonds. The SMILES string of the molecule is N=C(N)c1ccc(CNC(=O)CNC(=O)C(CCc2ccccc2)NSCc2ccccc2N)cc1. The Bertz CT molecular complexity index is 1150. The van der Waals surface area contributed by atoms with Gasteiger partial charge in [0.15, 0.2) is 0 Å². The summed E-state index contributed by atoms with van der Waals surface area (Å²) in [5, 5.41) is 13.0. The van der Waals surface area contributed by atoms with E-state index in [2.05, 4.69) is 15.4 Å². The van der Waals surface area contributed by atoms with Gasteiger partial charge >= 0.3 is 0 Å². The fourth-order valence-electron chi connectivity index (χ4n) is 3.44. The minimum Gasteiger partial charge on any atom is -0.398 e. The standard InChI is InChI=1S/C27H32N6O2S/c28-23-9-5-4-8-22(23)18-36-33-24(15-12-19-6-2-1-3-7-19)27(35)32-17-25(34)31-16-20-10-13-21(14-11-20)26(29)30/h1-11,13-14,24,33H,12,15-18,28H2,(H3,29,30)(H,31,34)(H,32,35). The van der Waals surface area contributed by atoms with E-state index in [0.717, 1.165) is 23.1 Å². The molecule has 0 aliphatic carbocycles. The second kappa shape index (κ2) is 13.9. The number of carbonyl (C=O) groups excluding carboxylic acids is 2. The first kappa shape index (κ1) is 26.8. The summed E-state index contributed by atoms with van der Waals surface area (Å²) in [6.45, 7) is 0.196. The van der Waals surface area contributed by atoms with E-state index in [9.17, 15) is 9.59 Å². The van der Waals surface area contributed by atoms with Crippen molar-refractivity contribution in [2.75, 3.05) is 12.3 Å². The van der Waals surface area contributed by atoms with Crippen LogP contribution < -0.4 is 26.8 Å². The van der Waals surface area contributed by atoms with Crippen LogP contribution in [0.2, 0.25) is 0 Å². The zero-order valence-corrected chi connectivity index (χ0v) is 20.8. The van der Waals surface area contributed by atoms with Gasteiger partial charge < -0.3 is 22.1 Å². The minimum atomic E-state index is -0.480. The van der Waals surface area contributed by atoms with Crippen LogP contribution in [0.15, 0.2) is 78.9 Å². The molecule has 0 fully saturated rings. The summed E-state index contributed by atoms with van der Waals surface area (Å²) in [6, 6.07) is 24.2. The fraction of sp³-hybridized carbons (Fsp3) is 0.222. The Kier molecular flexibility index (Phi) is 10.3. The van der Waals surface area contributed by atoms with Crippen LogP contribution in [0.4, 0.5) is 5.69 Å². The second-order valence-corrected chi connectivity index (χ2v) is 9.10. The van der Waals surface area contributed by atoms with E-state index in [1.807, 2.05) is 54.6 Å². The van der Waals surface area contributed by atoms with E-state index in [4.69, 9.17) is 16.9 Å². The van der Waals surface area contributed by atoms with Crippen LogP contribution >= 0.6 is 11.9 Å². The topological polar surface area (TPSA) is 146 Å². The Morgan fingerprint density at radius 1 is 0.889 bits per heavy atom. The predicted octanol–water partition coefficient (Wildman–Crippen LogP) is 2.72. The summed E-state index contributed by atoms with van der Waals surface area (Å²) in [4.78, 5) is 25.2. The Labute approximate surface area is 215 Å². The van der Waals surface area contributed by atoms with Gasteiger partial charge in [0.1, 0.15) is 5.84 Å². The molecule has 0 aromatic heterocycles. The average molecular weight is 505 g/mol. The van der Waals surface area contributed by atoms with E-state index in [1.54, 1.807) is 24.3 Å². The molecule has 3 aromatic carbocycles. The van der Waals surface area contributed by atoms with Gasteiger partial charge in [0.25, 0.3) is 0 Å². The van der Waals surface area contributed by atoms with Crippen molar-refractivity contribution in [3.05, 3.63) is 101 Å². The minimum absolute atomic E-state index is 0.00544. The molecule has 0 radical (unpaired) electrons. The van der Waals surface area contributed by atoms with Crippen molar-refractivity contribution in [3.63, 3.8) is 0 Å². The molecule has 0 saturated carbocycles. The van der Waals surface area contributed by atoms with E-state index < -0.39 is 6.04 Å². The molecule has 8 nitrogen and oxygen atoms in total. The number of nitrogens with two attached hydrogens (primary N) is 2. The molecular weight excluding hydrogens is 472 g/mol. The van der Waals surface area contributed by atoms with Crippen molar-refractivity contribution in [1.82, 2.24) is 15.4 Å². The summed E-state index contributed by atoms with van der Waals surface area (Å²) in [5.41, 5.74) is 15.8. The number of rotatable bonds is 13. The van der Waals surface area contributed by atoms with E-state index in [1.165, 1.54) is 11.9 Å². The fourth-order valence-corrected chi connectivity index (χ4v) is 4.37. The van der Waals surface area contributed by atoms with Gasteiger partial charge in [0, 0.05) is 23.5 Å². The lowest BCUT2D eigenvalue weighted by Crippen LogP contribution is -2.45. The molecule has 0 saturated heterocycles. The van der Waals surface area contributed by atoms with E-state index in [0.29, 0.717) is 30.0 Å². The van der Waals surface area contributed by atoms with Gasteiger partial charge in [-0.05, 0) is 35.6 Å². The first-order chi connectivity index (χ1) is 17.4. The molecule has 9 heteroatoms. The second-order valence-electron chi connectivity index (χ2n) is 8.29. The highest BCUT2D eigenvalue weighted by molar-refractivity contribution is 7.96. The smallest absolute Gasteiger partial charge is 0.239 e. The Balaban J connectivity index is 1.50. The van der Waals surface area contributed by atoms with Crippen molar-refractivity contribution < 1.29 is 9.59 Å². The molecule has 0 aliphatic heterocycles. The lowest BCUT2D eigenvalue weighted by Gasteiger charge is -2.18. The Morgan fingerprint density at radius 3 is 2.28 bits per heavy atom. The molecular formula is C27H32N6O2S. The third kappa shape index (κ3) is 8.75. The number of nitrogen functional groups attached to an aromatic ring is 2. The molecule has 36 heavy (non-hydrogen) atoms. The highest BCUT2D eigenvalue weighted by atomic mass is 32.2. The molecule has 0 heterocycles. The molecule has 3 aromatic rings. The number of para-hydroxylation sites is 1. The van der Waals surface area contributed by atoms with Crippen LogP contribution in [0.3, 0.4) is 0 Å². The van der Waals surface area contributed by atoms with Crippen LogP contribution in [0.5, 0.6) is 0 Å². The van der Waals surface area contributed by atoms with Crippen LogP contribution in [-0.4, -0.2) is 30.2 Å². The van der Waals surface area contributed by atoms with Crippen molar-refractivity contribution >= 4 is 35.3 Å². The highest BCUT2D eigenvalue weighted by Gasteiger charge is 2.19. The summed E-state index contributed by atoms with van der Waals surface area (Å²) >= 11 is 1.42. The maximum Gasteiger partial charge on any atom is 0.239 e. The zero-order chi connectivity index (χ0) is 25.8. The van der Waals surface area contributed by atoms with Gasteiger partial charge in [-0.25, -0.2) is 0 Å². The molecule has 0 bridgehead atoms. The molecule has 188 valence electrons. The van der Waals surface area contributed by atoms with Crippen LogP contribution in [0.1, 0.15) is 28.7 Å². The zero-order valence-electron chi connectivity index (χ0n) is 20.0. The molecule has 0 spiro atoms. The maximum absolute atomic E-state index is 12.9.